The van der Waals surface area contributed by atoms with Crippen LogP contribution in [0.1, 0.15) is 26.2 Å². The zero-order valence-electron chi connectivity index (χ0n) is 8.98. The van der Waals surface area contributed by atoms with Crippen molar-refractivity contribution in [3.8, 4) is 0 Å². The van der Waals surface area contributed by atoms with Crippen LogP contribution in [0.3, 0.4) is 0 Å². The molecule has 4 nitrogen and oxygen atoms in total. The van der Waals surface area contributed by atoms with Gasteiger partial charge in [0.2, 0.25) is 11.8 Å². The Labute approximate surface area is 104 Å². The van der Waals surface area contributed by atoms with Gasteiger partial charge >= 0.3 is 0 Å². The van der Waals surface area contributed by atoms with Crippen molar-refractivity contribution < 1.29 is 9.59 Å². The van der Waals surface area contributed by atoms with Crippen LogP contribution in [0.15, 0.2) is 0 Å². The van der Waals surface area contributed by atoms with E-state index in [-0.39, 0.29) is 18.4 Å². The van der Waals surface area contributed by atoms with Crippen molar-refractivity contribution in [2.75, 3.05) is 6.54 Å². The molecule has 0 spiro atoms. The minimum atomic E-state index is -0.982. The molecule has 0 unspecified atom stereocenters. The van der Waals surface area contributed by atoms with Crippen LogP contribution in [0.25, 0.3) is 0 Å². The predicted molar refractivity (Wildman–Crippen MR) is 61.3 cm³/mol. The molecular weight excluding hydrogens is 251 g/mol. The number of alkyl halides is 2. The van der Waals surface area contributed by atoms with Gasteiger partial charge in [-0.15, -0.1) is 23.2 Å². The molecule has 0 aromatic rings. The summed E-state index contributed by atoms with van der Waals surface area (Å²) in [5, 5.41) is 5.34. The lowest BCUT2D eigenvalue weighted by Crippen LogP contribution is -2.41. The molecule has 0 saturated heterocycles. The minimum absolute atomic E-state index is 0.00518. The quantitative estimate of drug-likeness (QED) is 0.744. The highest BCUT2D eigenvalue weighted by molar-refractivity contribution is 6.53. The topological polar surface area (TPSA) is 58.2 Å². The molecule has 2 aliphatic rings. The molecular formula is C10H14Cl2N2O2. The third-order valence-electron chi connectivity index (χ3n) is 3.11. The van der Waals surface area contributed by atoms with Crippen LogP contribution in [0.5, 0.6) is 0 Å². The van der Waals surface area contributed by atoms with Crippen molar-refractivity contribution in [2.45, 2.75) is 36.6 Å². The van der Waals surface area contributed by atoms with E-state index in [1.165, 1.54) is 0 Å². The normalized spacial score (nSPS) is 30.7. The van der Waals surface area contributed by atoms with Gasteiger partial charge in [0.1, 0.15) is 4.33 Å². The number of nitrogens with one attached hydrogen (secondary N) is 2. The summed E-state index contributed by atoms with van der Waals surface area (Å²) in [6.45, 7) is 1.69. The monoisotopic (exact) mass is 264 g/mol. The second kappa shape index (κ2) is 3.77. The van der Waals surface area contributed by atoms with Gasteiger partial charge in [0.05, 0.1) is 12.0 Å². The van der Waals surface area contributed by atoms with Crippen molar-refractivity contribution in [3.05, 3.63) is 0 Å². The lowest BCUT2D eigenvalue weighted by molar-refractivity contribution is -0.129. The van der Waals surface area contributed by atoms with E-state index in [9.17, 15) is 9.59 Å². The second-order valence-corrected chi connectivity index (χ2v) is 6.22. The first-order valence-corrected chi connectivity index (χ1v) is 6.06. The number of rotatable bonds is 4. The number of amides is 2. The van der Waals surface area contributed by atoms with Crippen LogP contribution in [-0.4, -0.2) is 28.7 Å². The van der Waals surface area contributed by atoms with Crippen LogP contribution in [-0.2, 0) is 9.59 Å². The second-order valence-electron chi connectivity index (χ2n) is 4.74. The van der Waals surface area contributed by atoms with Gasteiger partial charge in [-0.2, -0.15) is 0 Å². The molecule has 16 heavy (non-hydrogen) atoms. The van der Waals surface area contributed by atoms with Gasteiger partial charge < -0.3 is 10.6 Å². The fraction of sp³-hybridized carbons (Fsp3) is 0.800. The Morgan fingerprint density at radius 3 is 2.38 bits per heavy atom. The van der Waals surface area contributed by atoms with Gasteiger partial charge in [-0.1, -0.05) is 0 Å². The van der Waals surface area contributed by atoms with Gasteiger partial charge in [-0.05, 0) is 26.2 Å². The Hall–Kier alpha value is -0.480. The lowest BCUT2D eigenvalue weighted by Gasteiger charge is -2.12. The van der Waals surface area contributed by atoms with E-state index in [2.05, 4.69) is 10.6 Å². The molecule has 2 rings (SSSR count). The van der Waals surface area contributed by atoms with Crippen LogP contribution in [0.4, 0.5) is 0 Å². The highest BCUT2D eigenvalue weighted by atomic mass is 35.5. The first-order valence-electron chi connectivity index (χ1n) is 5.31. The third-order valence-corrected chi connectivity index (χ3v) is 4.21. The summed E-state index contributed by atoms with van der Waals surface area (Å²) >= 11 is 11.7. The smallest absolute Gasteiger partial charge is 0.239 e. The lowest BCUT2D eigenvalue weighted by atomic mass is 10.1. The summed E-state index contributed by atoms with van der Waals surface area (Å²) in [4.78, 5) is 23.0. The van der Waals surface area contributed by atoms with Gasteiger partial charge in [0.15, 0.2) is 0 Å². The Morgan fingerprint density at radius 2 is 1.94 bits per heavy atom. The number of hydrogen-bond donors (Lipinski definition) is 2. The predicted octanol–water partition coefficient (Wildman–Crippen LogP) is 0.965. The van der Waals surface area contributed by atoms with E-state index in [0.717, 1.165) is 12.8 Å². The third kappa shape index (κ3) is 2.28. The number of halogens is 2. The van der Waals surface area contributed by atoms with E-state index in [0.29, 0.717) is 12.5 Å². The van der Waals surface area contributed by atoms with Crippen molar-refractivity contribution in [2.24, 2.45) is 5.41 Å². The fourth-order valence-corrected chi connectivity index (χ4v) is 2.21. The first kappa shape index (κ1) is 12.0. The molecule has 2 N–H and O–H groups in total. The van der Waals surface area contributed by atoms with Crippen molar-refractivity contribution in [3.63, 3.8) is 0 Å². The van der Waals surface area contributed by atoms with Gasteiger partial charge in [0.25, 0.3) is 0 Å². The average molecular weight is 265 g/mol. The standard InChI is InChI=1S/C10H14Cl2N2O2/c1-9(5-10(9,11)12)8(16)13-4-7(15)14-6-2-3-6/h6H,2-5H2,1H3,(H,13,16)(H,14,15)/t9-/m1/s1. The molecule has 0 heterocycles. The summed E-state index contributed by atoms with van der Waals surface area (Å²) in [6, 6.07) is 0.307. The maximum absolute atomic E-state index is 11.7. The molecule has 6 heteroatoms. The fourth-order valence-electron chi connectivity index (χ4n) is 1.51. The molecule has 0 aromatic carbocycles. The number of carbonyl (C=O) groups is 2. The van der Waals surface area contributed by atoms with Gasteiger partial charge in [-0.25, -0.2) is 0 Å². The average Bonchev–Trinajstić information content (AvgIpc) is 3.04. The summed E-state index contributed by atoms with van der Waals surface area (Å²) < 4.78 is -0.982. The Bertz CT molecular complexity index is 342. The summed E-state index contributed by atoms with van der Waals surface area (Å²) in [7, 11) is 0. The van der Waals surface area contributed by atoms with E-state index in [1.54, 1.807) is 6.92 Å². The Balaban J connectivity index is 1.73. The zero-order valence-corrected chi connectivity index (χ0v) is 10.5. The molecule has 0 aromatic heterocycles. The molecule has 2 saturated carbocycles. The summed E-state index contributed by atoms with van der Waals surface area (Å²) in [5.41, 5.74) is -0.754. The van der Waals surface area contributed by atoms with Gasteiger partial charge in [0, 0.05) is 6.04 Å². The SMILES string of the molecule is C[C@]1(C(=O)NCC(=O)NC2CC2)CC1(Cl)Cl. The highest BCUT2D eigenvalue weighted by Crippen LogP contribution is 2.63. The van der Waals surface area contributed by atoms with Crippen LogP contribution >= 0.6 is 23.2 Å². The van der Waals surface area contributed by atoms with E-state index in [1.807, 2.05) is 0 Å². The molecule has 2 amide bonds. The molecule has 1 atom stereocenters. The van der Waals surface area contributed by atoms with Crippen LogP contribution in [0, 0.1) is 5.41 Å². The molecule has 0 bridgehead atoms. The maximum Gasteiger partial charge on any atom is 0.239 e. The van der Waals surface area contributed by atoms with Crippen molar-refractivity contribution in [1.29, 1.82) is 0 Å². The van der Waals surface area contributed by atoms with Crippen molar-refractivity contribution in [1.82, 2.24) is 10.6 Å². The zero-order chi connectivity index (χ0) is 12.0. The molecule has 0 aliphatic heterocycles. The van der Waals surface area contributed by atoms with Crippen molar-refractivity contribution >= 4 is 35.0 Å². The number of carbonyl (C=O) groups excluding carboxylic acids is 2. The van der Waals surface area contributed by atoms with E-state index in [4.69, 9.17) is 23.2 Å². The van der Waals surface area contributed by atoms with E-state index >= 15 is 0 Å². The number of hydrogen-bond acceptors (Lipinski definition) is 2. The van der Waals surface area contributed by atoms with Crippen LogP contribution in [0.2, 0.25) is 0 Å². The Morgan fingerprint density at radius 1 is 1.38 bits per heavy atom. The molecule has 2 aliphatic carbocycles. The summed E-state index contributed by atoms with van der Waals surface area (Å²) in [5.74, 6) is -0.418. The van der Waals surface area contributed by atoms with Gasteiger partial charge in [-0.3, -0.25) is 9.59 Å². The molecule has 0 radical (unpaired) electrons. The first-order chi connectivity index (χ1) is 7.35. The van der Waals surface area contributed by atoms with Crippen LogP contribution < -0.4 is 10.6 Å². The largest absolute Gasteiger partial charge is 0.352 e. The van der Waals surface area contributed by atoms with E-state index < -0.39 is 9.75 Å². The maximum atomic E-state index is 11.7. The molecule has 90 valence electrons. The Kier molecular flexibility index (Phi) is 2.83. The highest BCUT2D eigenvalue weighted by Gasteiger charge is 2.67. The summed E-state index contributed by atoms with van der Waals surface area (Å²) in [6.07, 6.45) is 2.49. The minimum Gasteiger partial charge on any atom is -0.352 e. The molecule has 2 fully saturated rings.